The number of hydrogen-bond acceptors (Lipinski definition) is 4. The quantitative estimate of drug-likeness (QED) is 0.829. The topological polar surface area (TPSA) is 38.5 Å². The zero-order chi connectivity index (χ0) is 12.1. The van der Waals surface area contributed by atoms with Crippen LogP contribution >= 0.6 is 11.3 Å². The lowest BCUT2D eigenvalue weighted by Gasteiger charge is -2.30. The SMILES string of the molecule is COCCN(C)C(c1ccc(C)s1)C(C)N. The van der Waals surface area contributed by atoms with Crippen LogP contribution in [0.15, 0.2) is 12.1 Å². The van der Waals surface area contributed by atoms with Gasteiger partial charge in [-0.25, -0.2) is 0 Å². The van der Waals surface area contributed by atoms with Gasteiger partial charge in [0.2, 0.25) is 0 Å². The molecule has 1 heterocycles. The van der Waals surface area contributed by atoms with E-state index in [1.807, 2.05) is 11.3 Å². The molecule has 0 aliphatic heterocycles. The van der Waals surface area contributed by atoms with Gasteiger partial charge in [-0.15, -0.1) is 11.3 Å². The normalized spacial score (nSPS) is 15.4. The molecule has 2 atom stereocenters. The van der Waals surface area contributed by atoms with Crippen LogP contribution in [0.5, 0.6) is 0 Å². The van der Waals surface area contributed by atoms with Gasteiger partial charge in [0, 0.05) is 29.5 Å². The molecule has 0 radical (unpaired) electrons. The Morgan fingerprint density at radius 1 is 1.50 bits per heavy atom. The maximum absolute atomic E-state index is 6.07. The number of ether oxygens (including phenoxy) is 1. The van der Waals surface area contributed by atoms with E-state index in [1.165, 1.54) is 9.75 Å². The Balaban J connectivity index is 2.74. The van der Waals surface area contributed by atoms with Gasteiger partial charge in [0.25, 0.3) is 0 Å². The molecule has 2 unspecified atom stereocenters. The van der Waals surface area contributed by atoms with Gasteiger partial charge in [0.1, 0.15) is 0 Å². The highest BCUT2D eigenvalue weighted by Gasteiger charge is 2.22. The molecule has 0 aromatic carbocycles. The lowest BCUT2D eigenvalue weighted by atomic mass is 10.1. The maximum atomic E-state index is 6.07. The lowest BCUT2D eigenvalue weighted by molar-refractivity contribution is 0.132. The number of likely N-dealkylation sites (N-methyl/N-ethyl adjacent to an activating group) is 1. The molecule has 92 valence electrons. The summed E-state index contributed by atoms with van der Waals surface area (Å²) < 4.78 is 5.10. The number of rotatable bonds is 6. The van der Waals surface area contributed by atoms with Crippen molar-refractivity contribution < 1.29 is 4.74 Å². The van der Waals surface area contributed by atoms with Crippen LogP contribution in [-0.2, 0) is 4.74 Å². The van der Waals surface area contributed by atoms with Crippen molar-refractivity contribution in [2.75, 3.05) is 27.3 Å². The first-order valence-electron chi connectivity index (χ1n) is 5.57. The minimum atomic E-state index is 0.125. The second-order valence-corrected chi connectivity index (χ2v) is 5.55. The molecule has 1 aromatic heterocycles. The zero-order valence-electron chi connectivity index (χ0n) is 10.6. The van der Waals surface area contributed by atoms with E-state index in [2.05, 4.69) is 37.9 Å². The van der Waals surface area contributed by atoms with Crippen molar-refractivity contribution in [1.29, 1.82) is 0 Å². The minimum Gasteiger partial charge on any atom is -0.383 e. The number of thiophene rings is 1. The second-order valence-electron chi connectivity index (χ2n) is 4.23. The number of hydrogen-bond donors (Lipinski definition) is 1. The van der Waals surface area contributed by atoms with Gasteiger partial charge >= 0.3 is 0 Å². The van der Waals surface area contributed by atoms with Gasteiger partial charge in [-0.3, -0.25) is 4.90 Å². The molecule has 0 spiro atoms. The van der Waals surface area contributed by atoms with Gasteiger partial charge in [-0.2, -0.15) is 0 Å². The van der Waals surface area contributed by atoms with Crippen LogP contribution in [0.4, 0.5) is 0 Å². The monoisotopic (exact) mass is 242 g/mol. The van der Waals surface area contributed by atoms with Crippen LogP contribution in [0.1, 0.15) is 22.7 Å². The Morgan fingerprint density at radius 2 is 2.19 bits per heavy atom. The molecule has 1 aromatic rings. The number of methoxy groups -OCH3 is 1. The Bertz CT molecular complexity index is 312. The standard InChI is InChI=1S/C12H22N2OS/c1-9-5-6-11(16-9)12(10(2)13)14(3)7-8-15-4/h5-6,10,12H,7-8,13H2,1-4H3. The largest absolute Gasteiger partial charge is 0.383 e. The van der Waals surface area contributed by atoms with E-state index in [0.717, 1.165) is 13.2 Å². The Hall–Kier alpha value is -0.420. The number of nitrogens with two attached hydrogens (primary N) is 1. The molecule has 4 heteroatoms. The van der Waals surface area contributed by atoms with E-state index in [0.29, 0.717) is 0 Å². The van der Waals surface area contributed by atoms with Crippen LogP contribution in [0.2, 0.25) is 0 Å². The van der Waals surface area contributed by atoms with Crippen molar-refractivity contribution in [1.82, 2.24) is 4.90 Å². The van der Waals surface area contributed by atoms with Crippen LogP contribution in [0.3, 0.4) is 0 Å². The Morgan fingerprint density at radius 3 is 2.62 bits per heavy atom. The molecular formula is C12H22N2OS. The van der Waals surface area contributed by atoms with E-state index in [9.17, 15) is 0 Å². The van der Waals surface area contributed by atoms with Crippen LogP contribution < -0.4 is 5.73 Å². The highest BCUT2D eigenvalue weighted by Crippen LogP contribution is 2.28. The van der Waals surface area contributed by atoms with Crippen molar-refractivity contribution in [2.24, 2.45) is 5.73 Å². The van der Waals surface area contributed by atoms with Gasteiger partial charge < -0.3 is 10.5 Å². The summed E-state index contributed by atoms with van der Waals surface area (Å²) >= 11 is 1.82. The molecule has 3 nitrogen and oxygen atoms in total. The summed E-state index contributed by atoms with van der Waals surface area (Å²) in [6.45, 7) is 5.83. The molecule has 0 aliphatic carbocycles. The fraction of sp³-hybridized carbons (Fsp3) is 0.667. The molecule has 0 saturated carbocycles. The fourth-order valence-electron chi connectivity index (χ4n) is 1.86. The van der Waals surface area contributed by atoms with Gasteiger partial charge in [-0.05, 0) is 33.0 Å². The highest BCUT2D eigenvalue weighted by atomic mass is 32.1. The molecule has 1 rings (SSSR count). The number of nitrogens with zero attached hydrogens (tertiary/aromatic N) is 1. The molecule has 2 N–H and O–H groups in total. The summed E-state index contributed by atoms with van der Waals surface area (Å²) in [7, 11) is 3.83. The molecule has 0 amide bonds. The van der Waals surface area contributed by atoms with Crippen molar-refractivity contribution in [3.8, 4) is 0 Å². The molecule has 0 bridgehead atoms. The molecular weight excluding hydrogens is 220 g/mol. The van der Waals surface area contributed by atoms with Crippen molar-refractivity contribution in [3.05, 3.63) is 21.9 Å². The third-order valence-electron chi connectivity index (χ3n) is 2.67. The summed E-state index contributed by atoms with van der Waals surface area (Å²) in [5.74, 6) is 0. The first kappa shape index (κ1) is 13.6. The minimum absolute atomic E-state index is 0.125. The smallest absolute Gasteiger partial charge is 0.0589 e. The number of aryl methyl sites for hydroxylation is 1. The Labute approximate surface area is 102 Å². The lowest BCUT2D eigenvalue weighted by Crippen LogP contribution is -2.38. The third-order valence-corrected chi connectivity index (χ3v) is 3.75. The van der Waals surface area contributed by atoms with Crippen LogP contribution in [0.25, 0.3) is 0 Å². The van der Waals surface area contributed by atoms with Gasteiger partial charge in [0.05, 0.1) is 12.6 Å². The van der Waals surface area contributed by atoms with E-state index in [-0.39, 0.29) is 12.1 Å². The van der Waals surface area contributed by atoms with E-state index in [4.69, 9.17) is 10.5 Å². The second kappa shape index (κ2) is 6.35. The predicted octanol–water partition coefficient (Wildman–Crippen LogP) is 2.02. The first-order valence-corrected chi connectivity index (χ1v) is 6.39. The summed E-state index contributed by atoms with van der Waals surface area (Å²) in [6.07, 6.45) is 0. The summed E-state index contributed by atoms with van der Waals surface area (Å²) in [5, 5.41) is 0. The predicted molar refractivity (Wildman–Crippen MR) is 70.0 cm³/mol. The van der Waals surface area contributed by atoms with Crippen molar-refractivity contribution in [2.45, 2.75) is 25.9 Å². The average Bonchev–Trinajstić information content (AvgIpc) is 2.61. The zero-order valence-corrected chi connectivity index (χ0v) is 11.4. The third kappa shape index (κ3) is 3.56. The molecule has 0 fully saturated rings. The summed E-state index contributed by atoms with van der Waals surface area (Å²) in [5.41, 5.74) is 6.07. The molecule has 0 saturated heterocycles. The van der Waals surface area contributed by atoms with E-state index >= 15 is 0 Å². The van der Waals surface area contributed by atoms with Crippen molar-refractivity contribution in [3.63, 3.8) is 0 Å². The Kier molecular flexibility index (Phi) is 5.41. The molecule has 0 aliphatic rings. The average molecular weight is 242 g/mol. The van der Waals surface area contributed by atoms with Gasteiger partial charge in [0.15, 0.2) is 0 Å². The summed E-state index contributed by atoms with van der Waals surface area (Å²) in [4.78, 5) is 4.94. The molecule has 16 heavy (non-hydrogen) atoms. The van der Waals surface area contributed by atoms with Crippen LogP contribution in [0, 0.1) is 6.92 Å². The van der Waals surface area contributed by atoms with Crippen molar-refractivity contribution >= 4 is 11.3 Å². The van der Waals surface area contributed by atoms with Gasteiger partial charge in [-0.1, -0.05) is 0 Å². The highest BCUT2D eigenvalue weighted by molar-refractivity contribution is 7.12. The maximum Gasteiger partial charge on any atom is 0.0589 e. The first-order chi connectivity index (χ1) is 7.56. The fourth-order valence-corrected chi connectivity index (χ4v) is 3.02. The van der Waals surface area contributed by atoms with Crippen LogP contribution in [-0.4, -0.2) is 38.3 Å². The summed E-state index contributed by atoms with van der Waals surface area (Å²) in [6, 6.07) is 4.74. The van der Waals surface area contributed by atoms with E-state index in [1.54, 1.807) is 7.11 Å². The van der Waals surface area contributed by atoms with E-state index < -0.39 is 0 Å².